The van der Waals surface area contributed by atoms with Crippen LogP contribution in [0.2, 0.25) is 10.0 Å². The van der Waals surface area contributed by atoms with Gasteiger partial charge in [-0.3, -0.25) is 4.79 Å². The topological polar surface area (TPSA) is 62.2 Å². The Morgan fingerprint density at radius 3 is 2.44 bits per heavy atom. The summed E-state index contributed by atoms with van der Waals surface area (Å²) in [4.78, 5) is 18.9. The normalized spacial score (nSPS) is 12.2. The number of anilines is 1. The van der Waals surface area contributed by atoms with Gasteiger partial charge in [0.15, 0.2) is 5.13 Å². The van der Waals surface area contributed by atoms with Crippen LogP contribution in [0.4, 0.5) is 5.13 Å². The van der Waals surface area contributed by atoms with Crippen molar-refractivity contribution in [2.24, 2.45) is 11.8 Å². The highest BCUT2D eigenvalue weighted by Gasteiger charge is 2.20. The molecule has 1 unspecified atom stereocenters. The van der Waals surface area contributed by atoms with Gasteiger partial charge in [0.05, 0.1) is 21.7 Å². The molecule has 32 heavy (non-hydrogen) atoms. The molecule has 2 N–H and O–H groups in total. The number of carboxylic acids is 1. The average molecular weight is 510 g/mol. The summed E-state index contributed by atoms with van der Waals surface area (Å²) in [5.41, 5.74) is 2.78. The molecule has 0 aliphatic carbocycles. The van der Waals surface area contributed by atoms with E-state index in [9.17, 15) is 9.90 Å². The van der Waals surface area contributed by atoms with E-state index in [1.165, 1.54) is 0 Å². The van der Waals surface area contributed by atoms with Crippen LogP contribution in [0.25, 0.3) is 11.3 Å². The van der Waals surface area contributed by atoms with Gasteiger partial charge < -0.3 is 10.4 Å². The van der Waals surface area contributed by atoms with Gasteiger partial charge in [0.25, 0.3) is 0 Å². The molecular formula is C24H26Cl2N2O2S2. The third kappa shape index (κ3) is 6.64. The van der Waals surface area contributed by atoms with Crippen LogP contribution >= 0.6 is 46.3 Å². The van der Waals surface area contributed by atoms with E-state index >= 15 is 0 Å². The van der Waals surface area contributed by atoms with Gasteiger partial charge in [-0.2, -0.15) is 0 Å². The number of thiazole rings is 1. The predicted octanol–water partition coefficient (Wildman–Crippen LogP) is 7.39. The Morgan fingerprint density at radius 2 is 1.84 bits per heavy atom. The minimum atomic E-state index is -0.824. The van der Waals surface area contributed by atoms with Crippen molar-refractivity contribution < 1.29 is 9.90 Å². The fraction of sp³-hybridized carbons (Fsp3) is 0.333. The number of carboxylic acid groups (broad SMARTS) is 1. The zero-order chi connectivity index (χ0) is 23.3. The molecule has 4 nitrogen and oxygen atoms in total. The van der Waals surface area contributed by atoms with Gasteiger partial charge in [-0.1, -0.05) is 55.2 Å². The highest BCUT2D eigenvalue weighted by atomic mass is 35.5. The predicted molar refractivity (Wildman–Crippen MR) is 138 cm³/mol. The quantitative estimate of drug-likeness (QED) is 0.279. The number of hydrogen-bond donors (Lipinski definition) is 2. The lowest BCUT2D eigenvalue weighted by atomic mass is 9.99. The summed E-state index contributed by atoms with van der Waals surface area (Å²) < 4.78 is 0. The van der Waals surface area contributed by atoms with E-state index in [0.717, 1.165) is 33.0 Å². The van der Waals surface area contributed by atoms with Crippen LogP contribution in [-0.2, 0) is 17.6 Å². The van der Waals surface area contributed by atoms with Crippen LogP contribution < -0.4 is 5.32 Å². The number of nitrogens with zero attached hydrogens (tertiary/aromatic N) is 1. The summed E-state index contributed by atoms with van der Waals surface area (Å²) in [6, 6.07) is 13.5. The molecule has 2 aromatic carbocycles. The van der Waals surface area contributed by atoms with Crippen LogP contribution in [0.3, 0.4) is 0 Å². The molecule has 0 aliphatic rings. The summed E-state index contributed by atoms with van der Waals surface area (Å²) in [5.74, 6) is -0.919. The summed E-state index contributed by atoms with van der Waals surface area (Å²) in [6.07, 6.45) is 3.35. The molecule has 1 heterocycles. The second-order valence-corrected chi connectivity index (χ2v) is 10.8. The Kier molecular flexibility index (Phi) is 8.88. The number of nitrogens with one attached hydrogen (secondary N) is 1. The number of aliphatic carboxylic acids is 1. The molecule has 0 radical (unpaired) electrons. The Bertz CT molecular complexity index is 1070. The van der Waals surface area contributed by atoms with Crippen molar-refractivity contribution in [3.05, 3.63) is 63.0 Å². The number of benzene rings is 2. The fourth-order valence-electron chi connectivity index (χ4n) is 3.31. The molecule has 0 spiro atoms. The molecule has 0 fully saturated rings. The highest BCUT2D eigenvalue weighted by molar-refractivity contribution is 7.98. The van der Waals surface area contributed by atoms with Crippen molar-refractivity contribution in [1.29, 1.82) is 0 Å². The van der Waals surface area contributed by atoms with Crippen molar-refractivity contribution in [2.75, 3.05) is 18.1 Å². The Balaban J connectivity index is 1.78. The largest absolute Gasteiger partial charge is 0.481 e. The molecular weight excluding hydrogens is 483 g/mol. The Labute approximate surface area is 207 Å². The van der Waals surface area contributed by atoms with Crippen molar-refractivity contribution >= 4 is 57.4 Å². The van der Waals surface area contributed by atoms with Crippen molar-refractivity contribution in [3.8, 4) is 11.3 Å². The molecule has 3 rings (SSSR count). The third-order valence-corrected chi connectivity index (χ3v) is 7.49. The van der Waals surface area contributed by atoms with E-state index in [4.69, 9.17) is 28.2 Å². The zero-order valence-corrected chi connectivity index (χ0v) is 21.3. The van der Waals surface area contributed by atoms with Gasteiger partial charge in [-0.25, -0.2) is 4.98 Å². The lowest BCUT2D eigenvalue weighted by Gasteiger charge is -2.13. The van der Waals surface area contributed by atoms with E-state index in [0.29, 0.717) is 34.1 Å². The molecule has 170 valence electrons. The minimum absolute atomic E-state index is 0.301. The van der Waals surface area contributed by atoms with Crippen LogP contribution in [0, 0.1) is 11.8 Å². The lowest BCUT2D eigenvalue weighted by molar-refractivity contribution is -0.141. The number of rotatable bonds is 10. The second kappa shape index (κ2) is 11.4. The van der Waals surface area contributed by atoms with Crippen molar-refractivity contribution in [2.45, 2.75) is 31.6 Å². The number of carbonyl (C=O) groups is 1. The van der Waals surface area contributed by atoms with Gasteiger partial charge in [-0.05, 0) is 54.8 Å². The summed E-state index contributed by atoms with van der Waals surface area (Å²) in [5, 5.41) is 14.7. The van der Waals surface area contributed by atoms with E-state index in [2.05, 4.69) is 19.2 Å². The first-order valence-corrected chi connectivity index (χ1v) is 13.1. The average Bonchev–Trinajstić information content (AvgIpc) is 3.15. The molecule has 0 bridgehead atoms. The SMILES string of the molecule is CSc1ccc(CC(CNc2nc(-c3ccc(Cl)c(Cl)c3)c(CC(C)C)s2)C(=O)O)cc1. The maximum Gasteiger partial charge on any atom is 0.308 e. The van der Waals surface area contributed by atoms with Gasteiger partial charge in [-0.15, -0.1) is 23.1 Å². The second-order valence-electron chi connectivity index (χ2n) is 7.99. The van der Waals surface area contributed by atoms with Crippen LogP contribution in [0.1, 0.15) is 24.3 Å². The number of thioether (sulfide) groups is 1. The molecule has 8 heteroatoms. The standard InChI is InChI=1S/C24H26Cl2N2O2S2/c1-14(2)10-21-22(16-6-9-19(25)20(26)12-16)28-24(32-21)27-13-17(23(29)30)11-15-4-7-18(31-3)8-5-15/h4-9,12,14,17H,10-11,13H2,1-3H3,(H,27,28)(H,29,30). The van der Waals surface area contributed by atoms with E-state index in [1.807, 2.05) is 42.7 Å². The summed E-state index contributed by atoms with van der Waals surface area (Å²) in [6.45, 7) is 4.62. The number of aromatic nitrogens is 1. The van der Waals surface area contributed by atoms with Gasteiger partial charge >= 0.3 is 5.97 Å². The Hall–Kier alpha value is -1.73. The first kappa shape index (κ1) is 24.9. The van der Waals surface area contributed by atoms with E-state index < -0.39 is 11.9 Å². The van der Waals surface area contributed by atoms with Crippen molar-refractivity contribution in [3.63, 3.8) is 0 Å². The van der Waals surface area contributed by atoms with Crippen molar-refractivity contribution in [1.82, 2.24) is 4.98 Å². The monoisotopic (exact) mass is 508 g/mol. The zero-order valence-electron chi connectivity index (χ0n) is 18.2. The third-order valence-electron chi connectivity index (χ3n) is 4.97. The molecule has 3 aromatic rings. The maximum atomic E-state index is 11.9. The first-order valence-electron chi connectivity index (χ1n) is 10.3. The molecule has 0 amide bonds. The summed E-state index contributed by atoms with van der Waals surface area (Å²) in [7, 11) is 0. The number of hydrogen-bond acceptors (Lipinski definition) is 5. The van der Waals surface area contributed by atoms with Crippen LogP contribution in [0.5, 0.6) is 0 Å². The first-order chi connectivity index (χ1) is 15.3. The highest BCUT2D eigenvalue weighted by Crippen LogP contribution is 2.35. The lowest BCUT2D eigenvalue weighted by Crippen LogP contribution is -2.25. The van der Waals surface area contributed by atoms with Crippen LogP contribution in [-0.4, -0.2) is 28.9 Å². The van der Waals surface area contributed by atoms with Gasteiger partial charge in [0, 0.05) is 21.9 Å². The van der Waals surface area contributed by atoms with Gasteiger partial charge in [0.1, 0.15) is 0 Å². The molecule has 0 saturated heterocycles. The van der Waals surface area contributed by atoms with E-state index in [-0.39, 0.29) is 0 Å². The molecule has 1 aromatic heterocycles. The molecule has 1 atom stereocenters. The van der Waals surface area contributed by atoms with E-state index in [1.54, 1.807) is 29.2 Å². The maximum absolute atomic E-state index is 11.9. The molecule has 0 aliphatic heterocycles. The van der Waals surface area contributed by atoms with Crippen LogP contribution in [0.15, 0.2) is 47.4 Å². The number of halogens is 2. The Morgan fingerprint density at radius 1 is 1.12 bits per heavy atom. The molecule has 0 saturated carbocycles. The van der Waals surface area contributed by atoms with Gasteiger partial charge in [0.2, 0.25) is 0 Å². The smallest absolute Gasteiger partial charge is 0.308 e. The minimum Gasteiger partial charge on any atom is -0.481 e. The summed E-state index contributed by atoms with van der Waals surface area (Å²) >= 11 is 15.5. The fourth-order valence-corrected chi connectivity index (χ4v) is 5.22.